The van der Waals surface area contributed by atoms with Gasteiger partial charge < -0.3 is 9.13 Å². The Bertz CT molecular complexity index is 3420. The second-order valence-electron chi connectivity index (χ2n) is 16.6. The van der Waals surface area contributed by atoms with Crippen LogP contribution in [0, 0.1) is 0 Å². The first-order valence-electron chi connectivity index (χ1n) is 20.6. The van der Waals surface area contributed by atoms with E-state index in [1.54, 1.807) is 0 Å². The summed E-state index contributed by atoms with van der Waals surface area (Å²) in [6.45, 7) is 4.75. The molecule has 2 aromatic heterocycles. The Morgan fingerprint density at radius 3 is 1.46 bits per heavy atom. The highest BCUT2D eigenvalue weighted by atomic mass is 15.0. The van der Waals surface area contributed by atoms with Crippen molar-refractivity contribution in [3.63, 3.8) is 0 Å². The van der Waals surface area contributed by atoms with Gasteiger partial charge in [-0.25, -0.2) is 0 Å². The summed E-state index contributed by atoms with van der Waals surface area (Å²) in [4.78, 5) is 0. The molecule has 1 aliphatic carbocycles. The van der Waals surface area contributed by atoms with Gasteiger partial charge in [0.15, 0.2) is 0 Å². The van der Waals surface area contributed by atoms with Crippen LogP contribution in [-0.2, 0) is 5.41 Å². The zero-order chi connectivity index (χ0) is 39.2. The van der Waals surface area contributed by atoms with Crippen molar-refractivity contribution in [2.45, 2.75) is 19.3 Å². The number of nitrogens with zero attached hydrogens (tertiary/aromatic N) is 2. The fourth-order valence-corrected chi connectivity index (χ4v) is 9.97. The summed E-state index contributed by atoms with van der Waals surface area (Å²) in [5.74, 6) is 0. The summed E-state index contributed by atoms with van der Waals surface area (Å²) < 4.78 is 4.97. The predicted molar refractivity (Wildman–Crippen MR) is 249 cm³/mol. The highest BCUT2D eigenvalue weighted by Crippen LogP contribution is 2.51. The number of aromatic nitrogens is 2. The summed E-state index contributed by atoms with van der Waals surface area (Å²) in [6, 6.07) is 76.1. The Morgan fingerprint density at radius 1 is 0.288 bits per heavy atom. The first-order chi connectivity index (χ1) is 29.0. The minimum Gasteiger partial charge on any atom is -0.309 e. The minimum absolute atomic E-state index is 0.116. The van der Waals surface area contributed by atoms with Gasteiger partial charge in [-0.3, -0.25) is 0 Å². The van der Waals surface area contributed by atoms with E-state index in [0.29, 0.717) is 0 Å². The third-order valence-electron chi connectivity index (χ3n) is 12.9. The lowest BCUT2D eigenvalue weighted by Gasteiger charge is -2.21. The summed E-state index contributed by atoms with van der Waals surface area (Å²) in [7, 11) is 0. The molecule has 0 saturated carbocycles. The van der Waals surface area contributed by atoms with Crippen molar-refractivity contribution < 1.29 is 0 Å². The molecule has 2 heterocycles. The molecule has 2 nitrogen and oxygen atoms in total. The zero-order valence-electron chi connectivity index (χ0n) is 33.0. The van der Waals surface area contributed by atoms with Crippen LogP contribution in [0.1, 0.15) is 25.0 Å². The number of rotatable bonds is 5. The monoisotopic (exact) mass is 752 g/mol. The van der Waals surface area contributed by atoms with E-state index in [9.17, 15) is 0 Å². The van der Waals surface area contributed by atoms with Gasteiger partial charge in [-0.2, -0.15) is 0 Å². The molecule has 12 rings (SSSR count). The van der Waals surface area contributed by atoms with E-state index in [0.717, 1.165) is 11.4 Å². The standard InChI is InChI=1S/C57H40N2/c1-57(2)51-21-13-12-20-45(51)48-35-50-49-32-41(38-16-8-4-9-17-38)25-31-53(49)59(56(50)36-52(48)57)44-28-30-47-46-29-24-42(39-18-10-5-11-19-39)33-54(46)58(55(47)34-44)43-26-22-40(23-27-43)37-14-6-3-7-15-37/h3-36H,1-2H3. The average molecular weight is 753 g/mol. The number of hydrogen-bond acceptors (Lipinski definition) is 0. The summed E-state index contributed by atoms with van der Waals surface area (Å²) in [5.41, 5.74) is 19.7. The molecule has 9 aromatic carbocycles. The van der Waals surface area contributed by atoms with Gasteiger partial charge in [0.2, 0.25) is 0 Å². The molecule has 59 heavy (non-hydrogen) atoms. The fourth-order valence-electron chi connectivity index (χ4n) is 9.97. The molecule has 0 amide bonds. The second kappa shape index (κ2) is 12.8. The van der Waals surface area contributed by atoms with Gasteiger partial charge in [0, 0.05) is 38.3 Å². The molecule has 0 radical (unpaired) electrons. The quantitative estimate of drug-likeness (QED) is 0.166. The molecule has 0 aliphatic heterocycles. The molecule has 0 N–H and O–H groups in total. The van der Waals surface area contributed by atoms with Crippen molar-refractivity contribution in [3.05, 3.63) is 217 Å². The Morgan fingerprint density at radius 2 is 0.763 bits per heavy atom. The third-order valence-corrected chi connectivity index (χ3v) is 12.9. The summed E-state index contributed by atoms with van der Waals surface area (Å²) >= 11 is 0. The molecule has 0 saturated heterocycles. The molecular weight excluding hydrogens is 713 g/mol. The van der Waals surface area contributed by atoms with Crippen LogP contribution in [0.15, 0.2) is 206 Å². The van der Waals surface area contributed by atoms with E-state index in [1.807, 2.05) is 0 Å². The van der Waals surface area contributed by atoms with Crippen LogP contribution >= 0.6 is 0 Å². The van der Waals surface area contributed by atoms with E-state index in [4.69, 9.17) is 0 Å². The van der Waals surface area contributed by atoms with Gasteiger partial charge in [-0.15, -0.1) is 0 Å². The smallest absolute Gasteiger partial charge is 0.0561 e. The van der Waals surface area contributed by atoms with Crippen LogP contribution < -0.4 is 0 Å². The van der Waals surface area contributed by atoms with E-state index >= 15 is 0 Å². The molecule has 2 heteroatoms. The molecule has 278 valence electrons. The van der Waals surface area contributed by atoms with E-state index < -0.39 is 0 Å². The van der Waals surface area contributed by atoms with Crippen molar-refractivity contribution in [1.29, 1.82) is 0 Å². The maximum Gasteiger partial charge on any atom is 0.0561 e. The Hall–Kier alpha value is -7.42. The minimum atomic E-state index is -0.116. The number of benzene rings is 9. The van der Waals surface area contributed by atoms with E-state index in [-0.39, 0.29) is 5.41 Å². The first kappa shape index (κ1) is 33.7. The lowest BCUT2D eigenvalue weighted by Crippen LogP contribution is -2.14. The lowest BCUT2D eigenvalue weighted by atomic mass is 9.82. The second-order valence-corrected chi connectivity index (χ2v) is 16.6. The van der Waals surface area contributed by atoms with Crippen molar-refractivity contribution in [1.82, 2.24) is 9.13 Å². The van der Waals surface area contributed by atoms with Crippen LogP contribution in [0.4, 0.5) is 0 Å². The van der Waals surface area contributed by atoms with Crippen LogP contribution in [-0.4, -0.2) is 9.13 Å². The molecule has 0 unspecified atom stereocenters. The van der Waals surface area contributed by atoms with Crippen LogP contribution in [0.3, 0.4) is 0 Å². The number of fused-ring (bicyclic) bond motifs is 9. The SMILES string of the molecule is CC1(C)c2ccccc2-c2cc3c4cc(-c5ccccc5)ccc4n(-c4ccc5c6ccc(-c7ccccc7)cc6n(-c6ccc(-c7ccccc7)cc6)c5c4)c3cc21. The zero-order valence-corrected chi connectivity index (χ0v) is 33.0. The van der Waals surface area contributed by atoms with Crippen LogP contribution in [0.5, 0.6) is 0 Å². The van der Waals surface area contributed by atoms with Gasteiger partial charge in [-0.1, -0.05) is 166 Å². The maximum atomic E-state index is 2.51. The van der Waals surface area contributed by atoms with Crippen molar-refractivity contribution in [2.24, 2.45) is 0 Å². The highest BCUT2D eigenvalue weighted by molar-refractivity contribution is 6.14. The summed E-state index contributed by atoms with van der Waals surface area (Å²) in [5, 5.41) is 5.01. The van der Waals surface area contributed by atoms with Gasteiger partial charge in [-0.05, 0) is 110 Å². The van der Waals surface area contributed by atoms with Gasteiger partial charge in [0.05, 0.1) is 22.1 Å². The van der Waals surface area contributed by atoms with Gasteiger partial charge in [0.25, 0.3) is 0 Å². The highest BCUT2D eigenvalue weighted by Gasteiger charge is 2.36. The Balaban J connectivity index is 1.13. The Kier molecular flexibility index (Phi) is 7.31. The third kappa shape index (κ3) is 5.13. The molecule has 0 fully saturated rings. The molecule has 1 aliphatic rings. The predicted octanol–water partition coefficient (Wildman–Crippen LogP) is 15.2. The average Bonchev–Trinajstić information content (AvgIpc) is 3.88. The van der Waals surface area contributed by atoms with Crippen LogP contribution in [0.25, 0.3) is 99.5 Å². The molecule has 0 spiro atoms. The molecular formula is C57H40N2. The first-order valence-corrected chi connectivity index (χ1v) is 20.6. The molecule has 0 atom stereocenters. The van der Waals surface area contributed by atoms with Gasteiger partial charge >= 0.3 is 0 Å². The summed E-state index contributed by atoms with van der Waals surface area (Å²) in [6.07, 6.45) is 0. The van der Waals surface area contributed by atoms with Crippen molar-refractivity contribution in [3.8, 4) is 55.9 Å². The Labute approximate surface area is 343 Å². The molecule has 11 aromatic rings. The van der Waals surface area contributed by atoms with Gasteiger partial charge in [0.1, 0.15) is 0 Å². The molecule has 0 bridgehead atoms. The maximum absolute atomic E-state index is 2.51. The number of hydrogen-bond donors (Lipinski definition) is 0. The van der Waals surface area contributed by atoms with Crippen LogP contribution in [0.2, 0.25) is 0 Å². The van der Waals surface area contributed by atoms with E-state index in [1.165, 1.54) is 99.2 Å². The normalized spacial score (nSPS) is 13.1. The van der Waals surface area contributed by atoms with E-state index in [2.05, 4.69) is 229 Å². The topological polar surface area (TPSA) is 9.86 Å². The van der Waals surface area contributed by atoms with Crippen molar-refractivity contribution in [2.75, 3.05) is 0 Å². The van der Waals surface area contributed by atoms with Crippen molar-refractivity contribution >= 4 is 43.6 Å². The lowest BCUT2D eigenvalue weighted by molar-refractivity contribution is 0.661. The largest absolute Gasteiger partial charge is 0.309 e. The fraction of sp³-hybridized carbons (Fsp3) is 0.0526.